The van der Waals surface area contributed by atoms with Crippen molar-refractivity contribution >= 4 is 16.7 Å². The molecule has 0 unspecified atom stereocenters. The van der Waals surface area contributed by atoms with Crippen molar-refractivity contribution in [2.45, 2.75) is 32.4 Å². The molecule has 2 aromatic carbocycles. The molecule has 3 N–H and O–H groups in total. The third-order valence-electron chi connectivity index (χ3n) is 2.92. The molecular weight excluding hydrogens is 236 g/mol. The third kappa shape index (κ3) is 4.07. The first-order valence-electron chi connectivity index (χ1n) is 6.47. The van der Waals surface area contributed by atoms with Gasteiger partial charge in [-0.2, -0.15) is 0 Å². The Balaban J connectivity index is 2.00. The van der Waals surface area contributed by atoms with Crippen LogP contribution in [0.4, 0.5) is 0 Å². The number of hydrogen-bond acceptors (Lipinski definition) is 2. The van der Waals surface area contributed by atoms with Gasteiger partial charge in [-0.15, -0.1) is 0 Å². The molecule has 19 heavy (non-hydrogen) atoms. The predicted octanol–water partition coefficient (Wildman–Crippen LogP) is 2.58. The van der Waals surface area contributed by atoms with Crippen LogP contribution in [-0.4, -0.2) is 11.4 Å². The van der Waals surface area contributed by atoms with Crippen molar-refractivity contribution in [2.75, 3.05) is 0 Å². The molecule has 0 aliphatic rings. The first kappa shape index (κ1) is 13.6. The Bertz CT molecular complexity index is 585. The van der Waals surface area contributed by atoms with Crippen LogP contribution in [0.15, 0.2) is 42.5 Å². The molecule has 0 aliphatic carbocycles. The summed E-state index contributed by atoms with van der Waals surface area (Å²) < 4.78 is 0. The van der Waals surface area contributed by atoms with Crippen molar-refractivity contribution in [2.24, 2.45) is 5.73 Å². The van der Waals surface area contributed by atoms with Gasteiger partial charge in [0.25, 0.3) is 0 Å². The maximum Gasteiger partial charge on any atom is 0.222 e. The van der Waals surface area contributed by atoms with E-state index in [9.17, 15) is 4.79 Å². The van der Waals surface area contributed by atoms with Crippen molar-refractivity contribution in [3.05, 3.63) is 48.0 Å². The molecule has 100 valence electrons. The minimum atomic E-state index is -0.465. The number of benzene rings is 2. The Labute approximate surface area is 113 Å². The van der Waals surface area contributed by atoms with Gasteiger partial charge in [0.05, 0.1) is 0 Å². The Kier molecular flexibility index (Phi) is 3.86. The fraction of sp³-hybridized carbons (Fsp3) is 0.312. The van der Waals surface area contributed by atoms with E-state index < -0.39 is 5.54 Å². The zero-order valence-corrected chi connectivity index (χ0v) is 11.4. The molecule has 1 amide bonds. The van der Waals surface area contributed by atoms with Crippen molar-refractivity contribution < 1.29 is 4.79 Å². The van der Waals surface area contributed by atoms with Crippen LogP contribution in [0.1, 0.15) is 25.8 Å². The summed E-state index contributed by atoms with van der Waals surface area (Å²) in [6.45, 7) is 4.24. The minimum Gasteiger partial charge on any atom is -0.352 e. The normalized spacial score (nSPS) is 11.5. The molecule has 0 fully saturated rings. The van der Waals surface area contributed by atoms with Gasteiger partial charge in [-0.25, -0.2) is 0 Å². The van der Waals surface area contributed by atoms with Crippen LogP contribution in [-0.2, 0) is 11.3 Å². The average molecular weight is 256 g/mol. The molecule has 0 atom stereocenters. The van der Waals surface area contributed by atoms with Crippen LogP contribution in [0.2, 0.25) is 0 Å². The van der Waals surface area contributed by atoms with E-state index in [0.717, 1.165) is 5.56 Å². The van der Waals surface area contributed by atoms with E-state index in [4.69, 9.17) is 5.73 Å². The van der Waals surface area contributed by atoms with Crippen LogP contribution in [0, 0.1) is 0 Å². The fourth-order valence-corrected chi connectivity index (χ4v) is 2.03. The molecular formula is C16H20N2O. The van der Waals surface area contributed by atoms with Crippen molar-refractivity contribution in [1.82, 2.24) is 5.32 Å². The largest absolute Gasteiger partial charge is 0.352 e. The van der Waals surface area contributed by atoms with E-state index in [1.807, 2.05) is 32.0 Å². The number of carbonyl (C=O) groups is 1. The average Bonchev–Trinajstić information content (AvgIpc) is 2.34. The molecule has 3 nitrogen and oxygen atoms in total. The van der Waals surface area contributed by atoms with Crippen LogP contribution in [0.25, 0.3) is 10.8 Å². The Hall–Kier alpha value is -1.87. The highest BCUT2D eigenvalue weighted by atomic mass is 16.1. The van der Waals surface area contributed by atoms with Gasteiger partial charge in [-0.1, -0.05) is 36.4 Å². The monoisotopic (exact) mass is 256 g/mol. The number of fused-ring (bicyclic) bond motifs is 1. The van der Waals surface area contributed by atoms with Crippen molar-refractivity contribution in [1.29, 1.82) is 0 Å². The highest BCUT2D eigenvalue weighted by Crippen LogP contribution is 2.15. The SMILES string of the molecule is CC(C)(N)CC(=O)NCc1ccc2ccccc2c1. The molecule has 2 aromatic rings. The van der Waals surface area contributed by atoms with Crippen LogP contribution in [0.5, 0.6) is 0 Å². The van der Waals surface area contributed by atoms with Gasteiger partial charge < -0.3 is 11.1 Å². The number of nitrogens with one attached hydrogen (secondary N) is 1. The van der Waals surface area contributed by atoms with E-state index >= 15 is 0 Å². The lowest BCUT2D eigenvalue weighted by molar-refractivity contribution is -0.122. The standard InChI is InChI=1S/C16H20N2O/c1-16(2,17)10-15(19)18-11-12-7-8-13-5-3-4-6-14(13)9-12/h3-9H,10-11,17H2,1-2H3,(H,18,19). The molecule has 0 saturated heterocycles. The van der Waals surface area contributed by atoms with E-state index in [2.05, 4.69) is 29.6 Å². The van der Waals surface area contributed by atoms with Crippen LogP contribution < -0.4 is 11.1 Å². The van der Waals surface area contributed by atoms with Gasteiger partial charge in [0.1, 0.15) is 0 Å². The highest BCUT2D eigenvalue weighted by Gasteiger charge is 2.15. The van der Waals surface area contributed by atoms with E-state index in [1.165, 1.54) is 10.8 Å². The van der Waals surface area contributed by atoms with Gasteiger partial charge in [-0.3, -0.25) is 4.79 Å². The van der Waals surface area contributed by atoms with Crippen molar-refractivity contribution in [3.8, 4) is 0 Å². The molecule has 0 aliphatic heterocycles. The smallest absolute Gasteiger partial charge is 0.222 e. The summed E-state index contributed by atoms with van der Waals surface area (Å²) in [7, 11) is 0. The Morgan fingerprint density at radius 2 is 1.84 bits per heavy atom. The number of rotatable bonds is 4. The minimum absolute atomic E-state index is 0.0133. The maximum atomic E-state index is 11.7. The Morgan fingerprint density at radius 1 is 1.16 bits per heavy atom. The van der Waals surface area contributed by atoms with Gasteiger partial charge >= 0.3 is 0 Å². The summed E-state index contributed by atoms with van der Waals surface area (Å²) in [4.78, 5) is 11.7. The first-order valence-corrected chi connectivity index (χ1v) is 6.47. The number of nitrogens with two attached hydrogens (primary N) is 1. The molecule has 0 heterocycles. The Morgan fingerprint density at radius 3 is 2.53 bits per heavy atom. The van der Waals surface area contributed by atoms with Gasteiger partial charge in [0.15, 0.2) is 0 Å². The van der Waals surface area contributed by atoms with Crippen molar-refractivity contribution in [3.63, 3.8) is 0 Å². The summed E-state index contributed by atoms with van der Waals surface area (Å²) in [5, 5.41) is 5.30. The van der Waals surface area contributed by atoms with Crippen LogP contribution >= 0.6 is 0 Å². The lowest BCUT2D eigenvalue weighted by Crippen LogP contribution is -2.38. The number of amides is 1. The summed E-state index contributed by atoms with van der Waals surface area (Å²) in [5.74, 6) is -0.0133. The van der Waals surface area contributed by atoms with E-state index in [0.29, 0.717) is 13.0 Å². The number of hydrogen-bond donors (Lipinski definition) is 2. The molecule has 0 saturated carbocycles. The molecule has 3 heteroatoms. The summed E-state index contributed by atoms with van der Waals surface area (Å²) in [5.41, 5.74) is 6.45. The molecule has 0 aromatic heterocycles. The quantitative estimate of drug-likeness (QED) is 0.883. The molecule has 0 spiro atoms. The lowest BCUT2D eigenvalue weighted by atomic mass is 10.0. The summed E-state index contributed by atoms with van der Waals surface area (Å²) in [6.07, 6.45) is 0.334. The van der Waals surface area contributed by atoms with E-state index in [1.54, 1.807) is 0 Å². The zero-order chi connectivity index (χ0) is 13.9. The molecule has 2 rings (SSSR count). The third-order valence-corrected chi connectivity index (χ3v) is 2.92. The molecule has 0 radical (unpaired) electrons. The highest BCUT2D eigenvalue weighted by molar-refractivity contribution is 5.83. The number of carbonyl (C=O) groups excluding carboxylic acids is 1. The zero-order valence-electron chi connectivity index (χ0n) is 11.4. The maximum absolute atomic E-state index is 11.7. The van der Waals surface area contributed by atoms with Gasteiger partial charge in [-0.05, 0) is 36.2 Å². The first-order chi connectivity index (χ1) is 8.94. The van der Waals surface area contributed by atoms with Crippen LogP contribution in [0.3, 0.4) is 0 Å². The van der Waals surface area contributed by atoms with Gasteiger partial charge in [0, 0.05) is 18.5 Å². The second kappa shape index (κ2) is 5.41. The van der Waals surface area contributed by atoms with Gasteiger partial charge in [0.2, 0.25) is 5.91 Å². The summed E-state index contributed by atoms with van der Waals surface area (Å²) in [6, 6.07) is 14.4. The predicted molar refractivity (Wildman–Crippen MR) is 78.7 cm³/mol. The second-order valence-electron chi connectivity index (χ2n) is 5.62. The fourth-order valence-electron chi connectivity index (χ4n) is 2.03. The lowest BCUT2D eigenvalue weighted by Gasteiger charge is -2.17. The van der Waals surface area contributed by atoms with E-state index in [-0.39, 0.29) is 5.91 Å². The second-order valence-corrected chi connectivity index (χ2v) is 5.62. The summed E-state index contributed by atoms with van der Waals surface area (Å²) >= 11 is 0. The topological polar surface area (TPSA) is 55.1 Å². The molecule has 0 bridgehead atoms.